The van der Waals surface area contributed by atoms with Crippen LogP contribution in [0, 0.1) is 12.3 Å². The fourth-order valence-electron chi connectivity index (χ4n) is 5.34. The Morgan fingerprint density at radius 1 is 0.925 bits per heavy atom. The molecule has 0 unspecified atom stereocenters. The van der Waals surface area contributed by atoms with Crippen LogP contribution in [0.3, 0.4) is 0 Å². The molecule has 6 heteroatoms. The molecule has 0 bridgehead atoms. The summed E-state index contributed by atoms with van der Waals surface area (Å²) in [4.78, 5) is 16.0. The van der Waals surface area contributed by atoms with Gasteiger partial charge in [0.1, 0.15) is 5.84 Å². The quantitative estimate of drug-likeness (QED) is 0.111. The molecule has 0 spiro atoms. The van der Waals surface area contributed by atoms with Crippen molar-refractivity contribution in [1.82, 2.24) is 9.91 Å². The zero-order valence-electron chi connectivity index (χ0n) is 23.2. The Labute approximate surface area is 236 Å². The summed E-state index contributed by atoms with van der Waals surface area (Å²) < 4.78 is 0. The van der Waals surface area contributed by atoms with Gasteiger partial charge in [-0.2, -0.15) is 0 Å². The van der Waals surface area contributed by atoms with Crippen molar-refractivity contribution in [1.29, 1.82) is 5.41 Å². The lowest BCUT2D eigenvalue weighted by Crippen LogP contribution is -2.37. The third-order valence-corrected chi connectivity index (χ3v) is 7.70. The molecule has 0 aliphatic carbocycles. The Hall–Kier alpha value is -4.26. The maximum atomic E-state index is 13.6. The number of hydrogen-bond donors (Lipinski definition) is 3. The van der Waals surface area contributed by atoms with Crippen LogP contribution >= 0.6 is 0 Å². The van der Waals surface area contributed by atoms with E-state index in [2.05, 4.69) is 48.5 Å². The molecular weight excluding hydrogens is 494 g/mol. The van der Waals surface area contributed by atoms with Gasteiger partial charge in [-0.05, 0) is 92.3 Å². The minimum absolute atomic E-state index is 0.134. The highest BCUT2D eigenvalue weighted by Crippen LogP contribution is 2.30. The highest BCUT2D eigenvalue weighted by molar-refractivity contribution is 6.10. The second-order valence-corrected chi connectivity index (χ2v) is 10.7. The van der Waals surface area contributed by atoms with E-state index in [-0.39, 0.29) is 11.7 Å². The maximum Gasteiger partial charge on any atom is 0.255 e. The number of rotatable bonds is 7. The molecule has 5 rings (SSSR count). The molecule has 6 nitrogen and oxygen atoms in total. The highest BCUT2D eigenvalue weighted by Gasteiger charge is 2.21. The number of amidine groups is 1. The van der Waals surface area contributed by atoms with Crippen LogP contribution in [-0.2, 0) is 6.54 Å². The van der Waals surface area contributed by atoms with E-state index in [1.807, 2.05) is 72.8 Å². The molecule has 1 aliphatic rings. The summed E-state index contributed by atoms with van der Waals surface area (Å²) in [7, 11) is 2.16. The van der Waals surface area contributed by atoms with E-state index < -0.39 is 0 Å². The lowest BCUT2D eigenvalue weighted by atomic mass is 9.88. The maximum absolute atomic E-state index is 13.6. The monoisotopic (exact) mass is 531 g/mol. The second kappa shape index (κ2) is 12.3. The second-order valence-electron chi connectivity index (χ2n) is 10.7. The van der Waals surface area contributed by atoms with Gasteiger partial charge in [-0.1, -0.05) is 78.4 Å². The SMILES string of the molecule is Cc1cccc(-c2ccc(C(=N)N(N)Cc3ccccc3)c(NC(=O)c3cccc(C4CCN(C)CC4)c3)c2)c1. The first-order valence-corrected chi connectivity index (χ1v) is 13.8. The standard InChI is InChI=1S/C34H37N5O/c1-24-8-6-11-27(20-24)29-14-15-31(33(35)39(36)23-25-9-4-3-5-10-25)32(22-29)37-34(40)30-13-7-12-28(21-30)26-16-18-38(2)19-17-26/h3-15,20-22,26,35H,16-19,23,36H2,1-2H3,(H,37,40). The predicted octanol–water partition coefficient (Wildman–Crippen LogP) is 6.42. The molecule has 1 aliphatic heterocycles. The van der Waals surface area contributed by atoms with Gasteiger partial charge in [-0.25, -0.2) is 5.84 Å². The fraction of sp³-hybridized carbons (Fsp3) is 0.235. The minimum atomic E-state index is -0.197. The van der Waals surface area contributed by atoms with Crippen LogP contribution in [-0.4, -0.2) is 41.8 Å². The van der Waals surface area contributed by atoms with E-state index in [0.29, 0.717) is 29.3 Å². The first-order chi connectivity index (χ1) is 19.4. The molecular formula is C34H37N5O. The number of aryl methyl sites for hydroxylation is 1. The molecule has 0 radical (unpaired) electrons. The normalized spacial score (nSPS) is 14.1. The summed E-state index contributed by atoms with van der Waals surface area (Å²) in [5.74, 6) is 6.76. The van der Waals surface area contributed by atoms with E-state index in [9.17, 15) is 4.79 Å². The van der Waals surface area contributed by atoms with Crippen molar-refractivity contribution in [2.24, 2.45) is 5.84 Å². The van der Waals surface area contributed by atoms with Gasteiger partial charge in [0, 0.05) is 11.1 Å². The van der Waals surface area contributed by atoms with E-state index in [4.69, 9.17) is 11.3 Å². The number of likely N-dealkylation sites (tertiary alicyclic amines) is 1. The number of nitrogens with one attached hydrogen (secondary N) is 2. The molecule has 4 aromatic carbocycles. The van der Waals surface area contributed by atoms with Gasteiger partial charge in [-0.3, -0.25) is 15.2 Å². The zero-order chi connectivity index (χ0) is 28.1. The number of nitrogens with two attached hydrogens (primary N) is 1. The number of benzene rings is 4. The molecule has 204 valence electrons. The number of carbonyl (C=O) groups is 1. The fourth-order valence-corrected chi connectivity index (χ4v) is 5.34. The number of anilines is 1. The summed E-state index contributed by atoms with van der Waals surface area (Å²) in [5.41, 5.74) is 7.11. The molecule has 1 saturated heterocycles. The van der Waals surface area contributed by atoms with Crippen LogP contribution in [0.4, 0.5) is 5.69 Å². The van der Waals surface area contributed by atoms with Crippen LogP contribution < -0.4 is 11.2 Å². The average molecular weight is 532 g/mol. The number of amides is 1. The van der Waals surface area contributed by atoms with E-state index >= 15 is 0 Å². The van der Waals surface area contributed by atoms with Crippen LogP contribution in [0.25, 0.3) is 11.1 Å². The number of hydrazine groups is 1. The van der Waals surface area contributed by atoms with Crippen molar-refractivity contribution in [3.8, 4) is 11.1 Å². The van der Waals surface area contributed by atoms with Crippen LogP contribution in [0.5, 0.6) is 0 Å². The molecule has 1 amide bonds. The predicted molar refractivity (Wildman–Crippen MR) is 163 cm³/mol. The Morgan fingerprint density at radius 2 is 1.65 bits per heavy atom. The highest BCUT2D eigenvalue weighted by atomic mass is 16.1. The van der Waals surface area contributed by atoms with Crippen LogP contribution in [0.15, 0.2) is 97.1 Å². The Kier molecular flexibility index (Phi) is 8.39. The molecule has 40 heavy (non-hydrogen) atoms. The molecule has 4 N–H and O–H groups in total. The molecule has 0 aromatic heterocycles. The lowest BCUT2D eigenvalue weighted by molar-refractivity contribution is 0.102. The van der Waals surface area contributed by atoms with Crippen LogP contribution in [0.2, 0.25) is 0 Å². The zero-order valence-corrected chi connectivity index (χ0v) is 23.2. The van der Waals surface area contributed by atoms with Crippen molar-refractivity contribution in [2.45, 2.75) is 32.2 Å². The number of nitrogens with zero attached hydrogens (tertiary/aromatic N) is 2. The van der Waals surface area contributed by atoms with Gasteiger partial charge in [0.2, 0.25) is 0 Å². The molecule has 4 aromatic rings. The minimum Gasteiger partial charge on any atom is -0.321 e. The number of hydrogen-bond acceptors (Lipinski definition) is 4. The topological polar surface area (TPSA) is 85.5 Å². The van der Waals surface area contributed by atoms with Gasteiger partial charge in [0.05, 0.1) is 12.2 Å². The third kappa shape index (κ3) is 6.47. The van der Waals surface area contributed by atoms with Gasteiger partial charge >= 0.3 is 0 Å². The lowest BCUT2D eigenvalue weighted by Gasteiger charge is -2.29. The molecule has 0 saturated carbocycles. The summed E-state index contributed by atoms with van der Waals surface area (Å²) in [5, 5.41) is 13.4. The number of carbonyl (C=O) groups excluding carboxylic acids is 1. The summed E-state index contributed by atoms with van der Waals surface area (Å²) >= 11 is 0. The van der Waals surface area contributed by atoms with Crippen molar-refractivity contribution >= 4 is 17.4 Å². The van der Waals surface area contributed by atoms with Gasteiger partial charge in [0.15, 0.2) is 0 Å². The Morgan fingerprint density at radius 3 is 2.40 bits per heavy atom. The number of piperidine rings is 1. The van der Waals surface area contributed by atoms with Gasteiger partial charge in [0.25, 0.3) is 5.91 Å². The first-order valence-electron chi connectivity index (χ1n) is 13.8. The summed E-state index contributed by atoms with van der Waals surface area (Å²) in [6, 6.07) is 31.8. The Bertz CT molecular complexity index is 1490. The Balaban J connectivity index is 1.44. The van der Waals surface area contributed by atoms with Gasteiger partial charge < -0.3 is 10.2 Å². The van der Waals surface area contributed by atoms with Crippen molar-refractivity contribution in [3.63, 3.8) is 0 Å². The van der Waals surface area contributed by atoms with Crippen molar-refractivity contribution in [2.75, 3.05) is 25.5 Å². The van der Waals surface area contributed by atoms with E-state index in [0.717, 1.165) is 48.2 Å². The molecule has 0 atom stereocenters. The van der Waals surface area contributed by atoms with Crippen molar-refractivity contribution in [3.05, 3.63) is 125 Å². The van der Waals surface area contributed by atoms with Crippen molar-refractivity contribution < 1.29 is 4.79 Å². The van der Waals surface area contributed by atoms with Gasteiger partial charge in [-0.15, -0.1) is 0 Å². The molecule has 1 heterocycles. The average Bonchev–Trinajstić information content (AvgIpc) is 2.97. The van der Waals surface area contributed by atoms with Crippen LogP contribution in [0.1, 0.15) is 51.4 Å². The largest absolute Gasteiger partial charge is 0.321 e. The third-order valence-electron chi connectivity index (χ3n) is 7.70. The summed E-state index contributed by atoms with van der Waals surface area (Å²) in [6.45, 7) is 4.57. The first kappa shape index (κ1) is 27.3. The molecule has 1 fully saturated rings. The van der Waals surface area contributed by atoms with E-state index in [1.54, 1.807) is 0 Å². The summed E-state index contributed by atoms with van der Waals surface area (Å²) in [6.07, 6.45) is 2.18. The smallest absolute Gasteiger partial charge is 0.255 e. The van der Waals surface area contributed by atoms with E-state index in [1.165, 1.54) is 10.6 Å².